The van der Waals surface area contributed by atoms with Gasteiger partial charge in [-0.15, -0.1) is 0 Å². The molecule has 7 nitrogen and oxygen atoms in total. The molecular weight excluding hydrogens is 288 g/mol. The van der Waals surface area contributed by atoms with Crippen molar-refractivity contribution in [2.24, 2.45) is 0 Å². The van der Waals surface area contributed by atoms with Gasteiger partial charge < -0.3 is 14.4 Å². The maximum atomic E-state index is 12.0. The number of rotatable bonds is 4. The molecule has 1 fully saturated rings. The third-order valence-electron chi connectivity index (χ3n) is 3.23. The summed E-state index contributed by atoms with van der Waals surface area (Å²) in [4.78, 5) is 38.9. The van der Waals surface area contributed by atoms with Crippen LogP contribution in [-0.2, 0) is 19.1 Å². The number of hydrogen-bond acceptors (Lipinski definition) is 6. The van der Waals surface area contributed by atoms with E-state index in [4.69, 9.17) is 9.47 Å². The summed E-state index contributed by atoms with van der Waals surface area (Å²) in [6.07, 6.45) is -0.373. The molecule has 1 unspecified atom stereocenters. The third kappa shape index (κ3) is 5.29. The number of carbonyl (C=O) groups is 3. The molecule has 0 aromatic heterocycles. The molecule has 1 saturated heterocycles. The number of esters is 1. The van der Waals surface area contributed by atoms with Crippen molar-refractivity contribution >= 4 is 17.8 Å². The van der Waals surface area contributed by atoms with Crippen molar-refractivity contribution in [3.8, 4) is 0 Å². The molecule has 0 saturated carbocycles. The van der Waals surface area contributed by atoms with Crippen LogP contribution in [0.1, 0.15) is 34.6 Å². The number of amides is 1. The Morgan fingerprint density at radius 3 is 2.05 bits per heavy atom. The molecule has 1 aliphatic heterocycles. The molecule has 1 amide bonds. The summed E-state index contributed by atoms with van der Waals surface area (Å²) < 4.78 is 10.3. The second-order valence-electron chi connectivity index (χ2n) is 6.27. The van der Waals surface area contributed by atoms with Crippen LogP contribution < -0.4 is 0 Å². The lowest BCUT2D eigenvalue weighted by Crippen LogP contribution is -2.56. The molecule has 1 rings (SSSR count). The molecule has 22 heavy (non-hydrogen) atoms. The van der Waals surface area contributed by atoms with E-state index in [-0.39, 0.29) is 18.5 Å². The maximum Gasteiger partial charge on any atom is 0.410 e. The summed E-state index contributed by atoms with van der Waals surface area (Å²) in [5.41, 5.74) is -0.541. The van der Waals surface area contributed by atoms with Crippen LogP contribution in [0.25, 0.3) is 0 Å². The number of piperazine rings is 1. The van der Waals surface area contributed by atoms with E-state index in [1.165, 1.54) is 6.92 Å². The van der Waals surface area contributed by atoms with E-state index < -0.39 is 17.6 Å². The molecule has 1 heterocycles. The average molecular weight is 314 g/mol. The standard InChI is InChI=1S/C15H26N2O5/c1-6-21-13(19)12(11(2)18)16-7-9-17(10-8-16)14(20)22-15(3,4)5/h12H,6-10H2,1-5H3. The van der Waals surface area contributed by atoms with Crippen molar-refractivity contribution in [2.45, 2.75) is 46.3 Å². The number of nitrogens with zero attached hydrogens (tertiary/aromatic N) is 2. The molecule has 0 bridgehead atoms. The van der Waals surface area contributed by atoms with E-state index in [1.54, 1.807) is 16.7 Å². The zero-order chi connectivity index (χ0) is 16.9. The van der Waals surface area contributed by atoms with Gasteiger partial charge in [-0.3, -0.25) is 9.69 Å². The second kappa shape index (κ2) is 7.58. The lowest BCUT2D eigenvalue weighted by Gasteiger charge is -2.37. The summed E-state index contributed by atoms with van der Waals surface area (Å²) >= 11 is 0. The molecule has 0 radical (unpaired) electrons. The zero-order valence-corrected chi connectivity index (χ0v) is 14.0. The third-order valence-corrected chi connectivity index (χ3v) is 3.23. The fourth-order valence-electron chi connectivity index (χ4n) is 2.28. The minimum absolute atomic E-state index is 0.237. The summed E-state index contributed by atoms with van der Waals surface area (Å²) in [5, 5.41) is 0. The Balaban J connectivity index is 2.61. The fourth-order valence-corrected chi connectivity index (χ4v) is 2.28. The van der Waals surface area contributed by atoms with Crippen LogP contribution in [-0.4, -0.2) is 72.1 Å². The van der Waals surface area contributed by atoms with Gasteiger partial charge >= 0.3 is 12.1 Å². The Kier molecular flexibility index (Phi) is 6.34. The van der Waals surface area contributed by atoms with Gasteiger partial charge in [0.1, 0.15) is 5.60 Å². The highest BCUT2D eigenvalue weighted by Crippen LogP contribution is 2.14. The van der Waals surface area contributed by atoms with Crippen LogP contribution >= 0.6 is 0 Å². The van der Waals surface area contributed by atoms with Gasteiger partial charge in [-0.25, -0.2) is 9.59 Å². The molecule has 0 N–H and O–H groups in total. The molecule has 126 valence electrons. The number of ether oxygens (including phenoxy) is 2. The molecule has 7 heteroatoms. The van der Waals surface area contributed by atoms with E-state index in [0.717, 1.165) is 0 Å². The number of hydrogen-bond donors (Lipinski definition) is 0. The Hall–Kier alpha value is -1.63. The number of ketones is 1. The monoisotopic (exact) mass is 314 g/mol. The minimum atomic E-state index is -0.888. The quantitative estimate of drug-likeness (QED) is 0.570. The van der Waals surface area contributed by atoms with E-state index >= 15 is 0 Å². The SMILES string of the molecule is CCOC(=O)C(C(C)=O)N1CCN(C(=O)OC(C)(C)C)CC1. The molecule has 0 spiro atoms. The lowest BCUT2D eigenvalue weighted by molar-refractivity contribution is -0.153. The highest BCUT2D eigenvalue weighted by atomic mass is 16.6. The Morgan fingerprint density at radius 2 is 1.64 bits per heavy atom. The van der Waals surface area contributed by atoms with Crippen LogP contribution in [0.5, 0.6) is 0 Å². The van der Waals surface area contributed by atoms with Crippen molar-refractivity contribution in [1.29, 1.82) is 0 Å². The van der Waals surface area contributed by atoms with E-state index in [9.17, 15) is 14.4 Å². The van der Waals surface area contributed by atoms with Crippen molar-refractivity contribution < 1.29 is 23.9 Å². The topological polar surface area (TPSA) is 76.2 Å². The fraction of sp³-hybridized carbons (Fsp3) is 0.800. The van der Waals surface area contributed by atoms with Gasteiger partial charge in [0.2, 0.25) is 0 Å². The van der Waals surface area contributed by atoms with E-state index in [2.05, 4.69) is 0 Å². The largest absolute Gasteiger partial charge is 0.464 e. The number of carbonyl (C=O) groups excluding carboxylic acids is 3. The molecule has 1 aliphatic rings. The Bertz CT molecular complexity index is 422. The molecule has 1 atom stereocenters. The smallest absolute Gasteiger partial charge is 0.410 e. The van der Waals surface area contributed by atoms with Gasteiger partial charge in [-0.2, -0.15) is 0 Å². The zero-order valence-electron chi connectivity index (χ0n) is 14.0. The minimum Gasteiger partial charge on any atom is -0.464 e. The van der Waals surface area contributed by atoms with Crippen molar-refractivity contribution in [2.75, 3.05) is 32.8 Å². The summed E-state index contributed by atoms with van der Waals surface area (Å²) in [6.45, 7) is 10.5. The summed E-state index contributed by atoms with van der Waals surface area (Å²) in [6, 6.07) is -0.888. The normalized spacial score (nSPS) is 17.8. The van der Waals surface area contributed by atoms with Crippen LogP contribution in [0.2, 0.25) is 0 Å². The van der Waals surface area contributed by atoms with Gasteiger partial charge in [0, 0.05) is 26.2 Å². The van der Waals surface area contributed by atoms with Crippen LogP contribution in [0.4, 0.5) is 4.79 Å². The predicted molar refractivity (Wildman–Crippen MR) is 80.5 cm³/mol. The highest BCUT2D eigenvalue weighted by Gasteiger charge is 2.35. The van der Waals surface area contributed by atoms with Crippen LogP contribution in [0.15, 0.2) is 0 Å². The number of Topliss-reactive ketones (excluding diaryl/α,β-unsaturated/α-hetero) is 1. The van der Waals surface area contributed by atoms with Crippen LogP contribution in [0, 0.1) is 0 Å². The van der Waals surface area contributed by atoms with Gasteiger partial charge in [0.05, 0.1) is 6.61 Å². The Morgan fingerprint density at radius 1 is 1.09 bits per heavy atom. The first-order valence-electron chi connectivity index (χ1n) is 7.54. The summed E-state index contributed by atoms with van der Waals surface area (Å²) in [7, 11) is 0. The van der Waals surface area contributed by atoms with Crippen molar-refractivity contribution in [3.05, 3.63) is 0 Å². The first-order valence-corrected chi connectivity index (χ1v) is 7.54. The van der Waals surface area contributed by atoms with E-state index in [1.807, 2.05) is 20.8 Å². The first-order chi connectivity index (χ1) is 10.2. The van der Waals surface area contributed by atoms with E-state index in [0.29, 0.717) is 26.2 Å². The van der Waals surface area contributed by atoms with Gasteiger partial charge in [0.25, 0.3) is 0 Å². The van der Waals surface area contributed by atoms with Crippen molar-refractivity contribution in [3.63, 3.8) is 0 Å². The second-order valence-corrected chi connectivity index (χ2v) is 6.27. The van der Waals surface area contributed by atoms with Crippen molar-refractivity contribution in [1.82, 2.24) is 9.80 Å². The Labute approximate surface area is 131 Å². The first kappa shape index (κ1) is 18.4. The summed E-state index contributed by atoms with van der Waals surface area (Å²) in [5.74, 6) is -0.773. The lowest BCUT2D eigenvalue weighted by atomic mass is 10.1. The van der Waals surface area contributed by atoms with Gasteiger partial charge in [-0.1, -0.05) is 0 Å². The van der Waals surface area contributed by atoms with Crippen LogP contribution in [0.3, 0.4) is 0 Å². The highest BCUT2D eigenvalue weighted by molar-refractivity contribution is 6.01. The molecule has 0 aliphatic carbocycles. The predicted octanol–water partition coefficient (Wildman–Crippen LogP) is 1.06. The average Bonchev–Trinajstić information content (AvgIpc) is 2.37. The molecule has 0 aromatic rings. The van der Waals surface area contributed by atoms with Gasteiger partial charge in [-0.05, 0) is 34.6 Å². The van der Waals surface area contributed by atoms with Gasteiger partial charge in [0.15, 0.2) is 11.8 Å². The molecule has 0 aromatic carbocycles. The maximum absolute atomic E-state index is 12.0. The molecular formula is C15H26N2O5.